The largest absolute Gasteiger partial charge is 0.435 e. The molecule has 1 saturated carbocycles. The zero-order chi connectivity index (χ0) is 23.3. The highest BCUT2D eigenvalue weighted by atomic mass is 19.3. The number of hydrogen-bond donors (Lipinski definition) is 4. The van der Waals surface area contributed by atoms with Gasteiger partial charge in [-0.3, -0.25) is 0 Å². The Bertz CT molecular complexity index is 950. The van der Waals surface area contributed by atoms with E-state index in [9.17, 15) is 24.3 Å². The minimum Gasteiger partial charge on any atom is -0.435 e. The maximum absolute atomic E-state index is 12.2. The second-order valence-corrected chi connectivity index (χ2v) is 8.54. The molecule has 3 rings (SSSR count). The molecule has 172 valence electrons. The van der Waals surface area contributed by atoms with Gasteiger partial charge in [0.05, 0.1) is 18.4 Å². The van der Waals surface area contributed by atoms with Crippen LogP contribution in [0.15, 0.2) is 30.5 Å². The Hall–Kier alpha value is -3.03. The lowest BCUT2D eigenvalue weighted by atomic mass is 9.73. The molecule has 3 atom stereocenters. The molecule has 8 nitrogen and oxygen atoms in total. The van der Waals surface area contributed by atoms with Gasteiger partial charge >= 0.3 is 6.61 Å². The summed E-state index contributed by atoms with van der Waals surface area (Å²) in [5, 5.41) is 36.1. The highest BCUT2D eigenvalue weighted by molar-refractivity contribution is 5.54. The lowest BCUT2D eigenvalue weighted by molar-refractivity contribution is -0.0498. The molecule has 0 aliphatic heterocycles. The Morgan fingerprint density at radius 2 is 2.00 bits per heavy atom. The molecule has 1 aromatic heterocycles. The van der Waals surface area contributed by atoms with E-state index in [1.54, 1.807) is 0 Å². The van der Waals surface area contributed by atoms with Crippen LogP contribution in [0, 0.1) is 16.7 Å². The zero-order valence-corrected chi connectivity index (χ0v) is 17.9. The van der Waals surface area contributed by atoms with Crippen LogP contribution in [0.5, 0.6) is 5.75 Å². The Labute approximate surface area is 185 Å². The number of aliphatic hydroxyl groups excluding tert-OH is 2. The summed E-state index contributed by atoms with van der Waals surface area (Å²) in [5.74, 6) is 0.636. The van der Waals surface area contributed by atoms with Crippen molar-refractivity contribution in [2.45, 2.75) is 58.0 Å². The van der Waals surface area contributed by atoms with Crippen LogP contribution in [0.3, 0.4) is 0 Å². The number of nitriles is 1. The monoisotopic (exact) mass is 447 g/mol. The van der Waals surface area contributed by atoms with Gasteiger partial charge in [0.1, 0.15) is 23.2 Å². The van der Waals surface area contributed by atoms with Crippen LogP contribution in [0.4, 0.5) is 20.5 Å². The molecule has 2 aromatic rings. The highest BCUT2D eigenvalue weighted by Gasteiger charge is 2.35. The summed E-state index contributed by atoms with van der Waals surface area (Å²) in [6.45, 7) is 1.19. The lowest BCUT2D eigenvalue weighted by Gasteiger charge is -2.40. The van der Waals surface area contributed by atoms with E-state index in [0.29, 0.717) is 23.4 Å². The topological polar surface area (TPSA) is 123 Å². The summed E-state index contributed by atoms with van der Waals surface area (Å²) < 4.78 is 28.8. The van der Waals surface area contributed by atoms with Crippen LogP contribution in [0.1, 0.15) is 50.3 Å². The number of rotatable bonds is 8. The second kappa shape index (κ2) is 10.1. The molecule has 2 unspecified atom stereocenters. The smallest absolute Gasteiger partial charge is 0.387 e. The molecule has 1 fully saturated rings. The van der Waals surface area contributed by atoms with Gasteiger partial charge in [-0.2, -0.15) is 19.0 Å². The molecular formula is C22H27F2N5O3. The summed E-state index contributed by atoms with van der Waals surface area (Å²) in [6, 6.07) is 7.83. The number of hydrogen-bond acceptors (Lipinski definition) is 8. The normalized spacial score (nSPS) is 20.9. The van der Waals surface area contributed by atoms with Crippen molar-refractivity contribution in [2.75, 3.05) is 17.2 Å². The van der Waals surface area contributed by atoms with Gasteiger partial charge in [0.2, 0.25) is 5.95 Å². The number of ether oxygens (including phenoxy) is 1. The van der Waals surface area contributed by atoms with E-state index < -0.39 is 12.7 Å². The van der Waals surface area contributed by atoms with Crippen LogP contribution in [0.2, 0.25) is 0 Å². The van der Waals surface area contributed by atoms with Crippen LogP contribution < -0.4 is 15.4 Å². The first-order chi connectivity index (χ1) is 15.2. The molecule has 0 amide bonds. The molecule has 1 aliphatic rings. The summed E-state index contributed by atoms with van der Waals surface area (Å²) in [7, 11) is 0. The summed E-state index contributed by atoms with van der Waals surface area (Å²) in [5.41, 5.74) is 0.570. The van der Waals surface area contributed by atoms with E-state index in [-0.39, 0.29) is 35.8 Å². The number of aromatic nitrogens is 2. The molecule has 1 aliphatic carbocycles. The minimum absolute atomic E-state index is 0.00783. The maximum atomic E-state index is 12.2. The van der Waals surface area contributed by atoms with Crippen molar-refractivity contribution in [2.24, 2.45) is 5.41 Å². The average Bonchev–Trinajstić information content (AvgIpc) is 2.74. The SMILES string of the molecule is CC1(C)C[C@H](Nc2nc(NCC(O)c3ccc(OC(F)F)cc3)ncc2C#N)CCC1O. The first kappa shape index (κ1) is 23.6. The summed E-state index contributed by atoms with van der Waals surface area (Å²) in [4.78, 5) is 8.50. The predicted molar refractivity (Wildman–Crippen MR) is 114 cm³/mol. The third kappa shape index (κ3) is 6.02. The van der Waals surface area contributed by atoms with Crippen molar-refractivity contribution in [1.29, 1.82) is 5.26 Å². The molecule has 4 N–H and O–H groups in total. The minimum atomic E-state index is -2.91. The number of benzene rings is 1. The van der Waals surface area contributed by atoms with Crippen molar-refractivity contribution < 1.29 is 23.7 Å². The van der Waals surface area contributed by atoms with E-state index in [1.165, 1.54) is 30.5 Å². The van der Waals surface area contributed by atoms with Crippen LogP contribution >= 0.6 is 0 Å². The fourth-order valence-corrected chi connectivity index (χ4v) is 3.78. The average molecular weight is 447 g/mol. The Kier molecular flexibility index (Phi) is 7.43. The van der Waals surface area contributed by atoms with Crippen LogP contribution in [-0.2, 0) is 0 Å². The number of alkyl halides is 2. The number of nitrogens with one attached hydrogen (secondary N) is 2. The van der Waals surface area contributed by atoms with Gasteiger partial charge in [0, 0.05) is 12.6 Å². The van der Waals surface area contributed by atoms with Gasteiger partial charge in [-0.05, 0) is 42.4 Å². The van der Waals surface area contributed by atoms with E-state index in [4.69, 9.17) is 0 Å². The van der Waals surface area contributed by atoms with Crippen LogP contribution in [-0.4, -0.2) is 45.5 Å². The van der Waals surface area contributed by atoms with E-state index in [1.807, 2.05) is 13.8 Å². The fraction of sp³-hybridized carbons (Fsp3) is 0.500. The van der Waals surface area contributed by atoms with Gasteiger partial charge in [-0.15, -0.1) is 0 Å². The lowest BCUT2D eigenvalue weighted by Crippen LogP contribution is -2.41. The van der Waals surface area contributed by atoms with Gasteiger partial charge in [0.15, 0.2) is 0 Å². The first-order valence-corrected chi connectivity index (χ1v) is 10.4. The maximum Gasteiger partial charge on any atom is 0.387 e. The Morgan fingerprint density at radius 1 is 1.28 bits per heavy atom. The van der Waals surface area contributed by atoms with Crippen molar-refractivity contribution >= 4 is 11.8 Å². The first-order valence-electron chi connectivity index (χ1n) is 10.4. The van der Waals surface area contributed by atoms with E-state index in [2.05, 4.69) is 31.4 Å². The van der Waals surface area contributed by atoms with Crippen molar-refractivity contribution in [1.82, 2.24) is 9.97 Å². The van der Waals surface area contributed by atoms with Gasteiger partial charge in [-0.25, -0.2) is 4.98 Å². The standard InChI is InChI=1S/C22H27F2N5O3/c1-22(2)9-15(5-8-18(22)31)28-19-14(10-25)11-26-21(29-19)27-12-17(30)13-3-6-16(7-4-13)32-20(23)24/h3-4,6-7,11,15,17-18,20,30-31H,5,8-9,12H2,1-2H3,(H2,26,27,28,29)/t15-,17?,18?/m1/s1. The summed E-state index contributed by atoms with van der Waals surface area (Å²) >= 11 is 0. The van der Waals surface area contributed by atoms with Crippen LogP contribution in [0.25, 0.3) is 0 Å². The molecule has 32 heavy (non-hydrogen) atoms. The quantitative estimate of drug-likeness (QED) is 0.485. The third-order valence-electron chi connectivity index (χ3n) is 5.66. The molecule has 0 radical (unpaired) electrons. The third-order valence-corrected chi connectivity index (χ3v) is 5.66. The predicted octanol–water partition coefficient (Wildman–Crippen LogP) is 3.45. The van der Waals surface area contributed by atoms with E-state index >= 15 is 0 Å². The van der Waals surface area contributed by atoms with Crippen molar-refractivity contribution in [3.05, 3.63) is 41.6 Å². The molecule has 1 heterocycles. The second-order valence-electron chi connectivity index (χ2n) is 8.54. The molecule has 0 bridgehead atoms. The van der Waals surface area contributed by atoms with Gasteiger partial charge in [0.25, 0.3) is 0 Å². The molecule has 1 aromatic carbocycles. The summed E-state index contributed by atoms with van der Waals surface area (Å²) in [6.07, 6.45) is 2.25. The highest BCUT2D eigenvalue weighted by Crippen LogP contribution is 2.37. The number of aliphatic hydroxyl groups is 2. The number of halogens is 2. The molecular weight excluding hydrogens is 420 g/mol. The van der Waals surface area contributed by atoms with E-state index in [0.717, 1.165) is 12.8 Å². The number of anilines is 2. The molecule has 10 heteroatoms. The van der Waals surface area contributed by atoms with Gasteiger partial charge in [-0.1, -0.05) is 26.0 Å². The van der Waals surface area contributed by atoms with Crippen molar-refractivity contribution in [3.63, 3.8) is 0 Å². The fourth-order valence-electron chi connectivity index (χ4n) is 3.78. The Morgan fingerprint density at radius 3 is 2.62 bits per heavy atom. The Balaban J connectivity index is 1.63. The zero-order valence-electron chi connectivity index (χ0n) is 17.9. The van der Waals surface area contributed by atoms with Crippen molar-refractivity contribution in [3.8, 4) is 11.8 Å². The van der Waals surface area contributed by atoms with Gasteiger partial charge < -0.3 is 25.6 Å². The molecule has 0 spiro atoms. The molecule has 0 saturated heterocycles. The number of nitrogens with zero attached hydrogens (tertiary/aromatic N) is 3.